The zero-order valence-electron chi connectivity index (χ0n) is 8.48. The van der Waals surface area contributed by atoms with Crippen molar-refractivity contribution in [2.45, 2.75) is 19.8 Å². The summed E-state index contributed by atoms with van der Waals surface area (Å²) in [6, 6.07) is 4.27. The van der Waals surface area contributed by atoms with E-state index >= 15 is 0 Å². The van der Waals surface area contributed by atoms with Crippen molar-refractivity contribution in [2.24, 2.45) is 0 Å². The molecule has 0 bridgehead atoms. The van der Waals surface area contributed by atoms with E-state index in [1.54, 1.807) is 0 Å². The molecule has 0 unspecified atom stereocenters. The molecule has 0 amide bonds. The first-order valence-corrected chi connectivity index (χ1v) is 4.71. The molecule has 1 rings (SSSR count). The fourth-order valence-electron chi connectivity index (χ4n) is 1.17. The monoisotopic (exact) mass is 210 g/mol. The van der Waals surface area contributed by atoms with Crippen molar-refractivity contribution >= 4 is 5.69 Å². The van der Waals surface area contributed by atoms with Gasteiger partial charge in [-0.2, -0.15) is 5.26 Å². The van der Waals surface area contributed by atoms with Crippen molar-refractivity contribution < 1.29 is 8.78 Å². The van der Waals surface area contributed by atoms with Gasteiger partial charge in [0.05, 0.1) is 11.8 Å². The van der Waals surface area contributed by atoms with Crippen LogP contribution in [0.2, 0.25) is 0 Å². The number of aryl methyl sites for hydroxylation is 1. The standard InChI is InChI=1S/C11H12F2N2/c1-8-6-10(13)11(7-9(8)12)15-5-3-2-4-14/h6-7,15H,2-3,5H2,1H3. The topological polar surface area (TPSA) is 35.8 Å². The summed E-state index contributed by atoms with van der Waals surface area (Å²) in [5.74, 6) is -0.898. The van der Waals surface area contributed by atoms with Crippen LogP contribution >= 0.6 is 0 Å². The molecule has 15 heavy (non-hydrogen) atoms. The summed E-state index contributed by atoms with van der Waals surface area (Å²) < 4.78 is 26.3. The second-order valence-corrected chi connectivity index (χ2v) is 3.27. The Hall–Kier alpha value is -1.63. The molecule has 0 saturated carbocycles. The zero-order chi connectivity index (χ0) is 11.3. The summed E-state index contributed by atoms with van der Waals surface area (Å²) >= 11 is 0. The normalized spacial score (nSPS) is 9.73. The predicted molar refractivity (Wildman–Crippen MR) is 54.4 cm³/mol. The summed E-state index contributed by atoms with van der Waals surface area (Å²) in [6.45, 7) is 1.98. The first-order chi connectivity index (χ1) is 7.15. The van der Waals surface area contributed by atoms with Crippen LogP contribution in [0.4, 0.5) is 14.5 Å². The number of nitrogens with one attached hydrogen (secondary N) is 1. The van der Waals surface area contributed by atoms with E-state index in [1.165, 1.54) is 6.92 Å². The summed E-state index contributed by atoms with van der Waals surface area (Å²) in [5, 5.41) is 11.0. The number of rotatable bonds is 4. The van der Waals surface area contributed by atoms with E-state index in [4.69, 9.17) is 5.26 Å². The van der Waals surface area contributed by atoms with Crippen LogP contribution in [0.3, 0.4) is 0 Å². The Bertz CT molecular complexity index is 383. The highest BCUT2D eigenvalue weighted by Gasteiger charge is 2.06. The van der Waals surface area contributed by atoms with Gasteiger partial charge in [0.25, 0.3) is 0 Å². The second kappa shape index (κ2) is 5.30. The maximum absolute atomic E-state index is 13.2. The molecule has 0 aliphatic heterocycles. The second-order valence-electron chi connectivity index (χ2n) is 3.27. The van der Waals surface area contributed by atoms with Crippen molar-refractivity contribution in [3.63, 3.8) is 0 Å². The van der Waals surface area contributed by atoms with Crippen molar-refractivity contribution in [3.05, 3.63) is 29.3 Å². The average molecular weight is 210 g/mol. The number of benzene rings is 1. The molecule has 0 spiro atoms. The summed E-state index contributed by atoms with van der Waals surface area (Å²) in [5.41, 5.74) is 0.436. The van der Waals surface area contributed by atoms with Crippen molar-refractivity contribution in [3.8, 4) is 6.07 Å². The molecule has 0 atom stereocenters. The molecular weight excluding hydrogens is 198 g/mol. The van der Waals surface area contributed by atoms with Crippen molar-refractivity contribution in [2.75, 3.05) is 11.9 Å². The van der Waals surface area contributed by atoms with Crippen LogP contribution in [-0.2, 0) is 0 Å². The van der Waals surface area contributed by atoms with E-state index in [2.05, 4.69) is 5.32 Å². The van der Waals surface area contributed by atoms with Gasteiger partial charge in [0.1, 0.15) is 11.6 Å². The first-order valence-electron chi connectivity index (χ1n) is 4.71. The molecule has 0 aliphatic carbocycles. The molecule has 1 N–H and O–H groups in total. The average Bonchev–Trinajstić information content (AvgIpc) is 2.20. The van der Waals surface area contributed by atoms with Gasteiger partial charge in [-0.1, -0.05) is 0 Å². The van der Waals surface area contributed by atoms with Crippen LogP contribution in [0, 0.1) is 29.9 Å². The van der Waals surface area contributed by atoms with Crippen molar-refractivity contribution in [1.82, 2.24) is 0 Å². The SMILES string of the molecule is Cc1cc(F)c(NCCCC#N)cc1F. The molecule has 0 saturated heterocycles. The number of hydrogen-bond acceptors (Lipinski definition) is 2. The summed E-state index contributed by atoms with van der Waals surface area (Å²) in [6.07, 6.45) is 1.02. The van der Waals surface area contributed by atoms with Crippen LogP contribution in [0.5, 0.6) is 0 Å². The van der Waals surface area contributed by atoms with Crippen LogP contribution < -0.4 is 5.32 Å². The Morgan fingerprint density at radius 2 is 2.07 bits per heavy atom. The Labute approximate surface area is 87.5 Å². The summed E-state index contributed by atoms with van der Waals surface area (Å²) in [7, 11) is 0. The molecule has 0 aliphatic rings. The van der Waals surface area contributed by atoms with Gasteiger partial charge in [-0.25, -0.2) is 8.78 Å². The predicted octanol–water partition coefficient (Wildman–Crippen LogP) is 2.99. The van der Waals surface area contributed by atoms with Gasteiger partial charge in [-0.05, 0) is 25.0 Å². The number of nitrogens with zero attached hydrogens (tertiary/aromatic N) is 1. The lowest BCUT2D eigenvalue weighted by atomic mass is 10.2. The number of nitriles is 1. The van der Waals surface area contributed by atoms with Crippen LogP contribution in [0.15, 0.2) is 12.1 Å². The van der Waals surface area contributed by atoms with Crippen LogP contribution in [0.1, 0.15) is 18.4 Å². The van der Waals surface area contributed by atoms with Gasteiger partial charge in [0.2, 0.25) is 0 Å². The molecular formula is C11H12F2N2. The maximum Gasteiger partial charge on any atom is 0.146 e. The Morgan fingerprint density at radius 1 is 1.33 bits per heavy atom. The minimum absolute atomic E-state index is 0.149. The Kier molecular flexibility index (Phi) is 4.04. The van der Waals surface area contributed by atoms with E-state index in [0.717, 1.165) is 12.1 Å². The third-order valence-electron chi connectivity index (χ3n) is 2.03. The lowest BCUT2D eigenvalue weighted by Gasteiger charge is -2.07. The number of halogens is 2. The Balaban J connectivity index is 2.62. The van der Waals surface area contributed by atoms with E-state index in [9.17, 15) is 8.78 Å². The van der Waals surface area contributed by atoms with Crippen LogP contribution in [0.25, 0.3) is 0 Å². The highest BCUT2D eigenvalue weighted by Crippen LogP contribution is 2.18. The molecule has 4 heteroatoms. The smallest absolute Gasteiger partial charge is 0.146 e. The van der Waals surface area contributed by atoms with Gasteiger partial charge in [-0.3, -0.25) is 0 Å². The van der Waals surface area contributed by atoms with Gasteiger partial charge in [0.15, 0.2) is 0 Å². The third-order valence-corrected chi connectivity index (χ3v) is 2.03. The largest absolute Gasteiger partial charge is 0.383 e. The molecule has 1 aromatic carbocycles. The molecule has 0 radical (unpaired) electrons. The molecule has 80 valence electrons. The molecule has 0 aromatic heterocycles. The fourth-order valence-corrected chi connectivity index (χ4v) is 1.17. The Morgan fingerprint density at radius 3 is 2.73 bits per heavy atom. The number of hydrogen-bond donors (Lipinski definition) is 1. The molecule has 0 fully saturated rings. The van der Waals surface area contributed by atoms with Crippen molar-refractivity contribution in [1.29, 1.82) is 5.26 Å². The third kappa shape index (κ3) is 3.21. The zero-order valence-corrected chi connectivity index (χ0v) is 8.48. The van der Waals surface area contributed by atoms with Gasteiger partial charge in [0, 0.05) is 19.0 Å². The van der Waals surface area contributed by atoms with E-state index in [1.807, 2.05) is 6.07 Å². The van der Waals surface area contributed by atoms with E-state index in [0.29, 0.717) is 19.4 Å². The van der Waals surface area contributed by atoms with Gasteiger partial charge in [-0.15, -0.1) is 0 Å². The molecule has 2 nitrogen and oxygen atoms in total. The first kappa shape index (κ1) is 11.4. The maximum atomic E-state index is 13.2. The van der Waals surface area contributed by atoms with Crippen LogP contribution in [-0.4, -0.2) is 6.54 Å². The van der Waals surface area contributed by atoms with Gasteiger partial charge >= 0.3 is 0 Å². The highest BCUT2D eigenvalue weighted by molar-refractivity contribution is 5.46. The van der Waals surface area contributed by atoms with Gasteiger partial charge < -0.3 is 5.32 Å². The lowest BCUT2D eigenvalue weighted by Crippen LogP contribution is -2.04. The van der Waals surface area contributed by atoms with E-state index in [-0.39, 0.29) is 11.3 Å². The number of anilines is 1. The molecule has 0 heterocycles. The number of unbranched alkanes of at least 4 members (excludes halogenated alkanes) is 1. The van der Waals surface area contributed by atoms with E-state index < -0.39 is 11.6 Å². The highest BCUT2D eigenvalue weighted by atomic mass is 19.1. The molecule has 1 aromatic rings. The quantitative estimate of drug-likeness (QED) is 0.775. The fraction of sp³-hybridized carbons (Fsp3) is 0.364. The minimum atomic E-state index is -0.467. The minimum Gasteiger partial charge on any atom is -0.383 e. The summed E-state index contributed by atoms with van der Waals surface area (Å²) in [4.78, 5) is 0. The lowest BCUT2D eigenvalue weighted by molar-refractivity contribution is 0.594.